The van der Waals surface area contributed by atoms with Crippen LogP contribution in [0.1, 0.15) is 32.5 Å². The molecule has 3 aromatic rings. The van der Waals surface area contributed by atoms with Crippen LogP contribution in [-0.2, 0) is 18.7 Å². The predicted octanol–water partition coefficient (Wildman–Crippen LogP) is 3.23. The van der Waals surface area contributed by atoms with Crippen molar-refractivity contribution in [3.63, 3.8) is 0 Å². The number of hydrogen-bond acceptors (Lipinski definition) is 7. The fraction of sp³-hybridized carbons (Fsp3) is 0.438. The zero-order valence-electron chi connectivity index (χ0n) is 14.0. The van der Waals surface area contributed by atoms with E-state index in [-0.39, 0.29) is 0 Å². The molecule has 0 bridgehead atoms. The molecule has 7 nitrogen and oxygen atoms in total. The summed E-state index contributed by atoms with van der Waals surface area (Å²) in [6, 6.07) is 3.86. The summed E-state index contributed by atoms with van der Waals surface area (Å²) in [5, 5.41) is 13.5. The van der Waals surface area contributed by atoms with Gasteiger partial charge in [0.25, 0.3) is 0 Å². The summed E-state index contributed by atoms with van der Waals surface area (Å²) in [4.78, 5) is 8.46. The van der Waals surface area contributed by atoms with E-state index < -0.39 is 0 Å². The first-order chi connectivity index (χ1) is 11.7. The molecule has 0 aliphatic rings. The Morgan fingerprint density at radius 2 is 2.00 bits per heavy atom. The van der Waals surface area contributed by atoms with Gasteiger partial charge < -0.3 is 9.09 Å². The first kappa shape index (κ1) is 16.6. The van der Waals surface area contributed by atoms with Crippen molar-refractivity contribution in [2.75, 3.05) is 0 Å². The third kappa shape index (κ3) is 3.81. The Hall–Kier alpha value is -2.22. The molecule has 0 aliphatic heterocycles. The Kier molecular flexibility index (Phi) is 5.24. The van der Waals surface area contributed by atoms with Gasteiger partial charge in [-0.25, -0.2) is 0 Å². The maximum absolute atomic E-state index is 5.30. The molecule has 0 spiro atoms. The number of aromatic nitrogens is 6. The molecule has 0 aromatic carbocycles. The van der Waals surface area contributed by atoms with E-state index in [1.54, 1.807) is 24.2 Å². The SMILES string of the molecule is CCn1c(SCc2nc(CC(C)C)no2)nnc1-c1ccncc1. The lowest BCUT2D eigenvalue weighted by Crippen LogP contribution is -2.00. The summed E-state index contributed by atoms with van der Waals surface area (Å²) in [5.74, 6) is 3.31. The van der Waals surface area contributed by atoms with Gasteiger partial charge in [-0.2, -0.15) is 4.98 Å². The van der Waals surface area contributed by atoms with E-state index in [0.717, 1.165) is 35.3 Å². The highest BCUT2D eigenvalue weighted by Crippen LogP contribution is 2.25. The van der Waals surface area contributed by atoms with E-state index >= 15 is 0 Å². The monoisotopic (exact) mass is 344 g/mol. The van der Waals surface area contributed by atoms with Gasteiger partial charge >= 0.3 is 0 Å². The second-order valence-corrected chi connectivity index (χ2v) is 6.72. The Morgan fingerprint density at radius 1 is 1.21 bits per heavy atom. The number of thioether (sulfide) groups is 1. The molecule has 0 saturated carbocycles. The van der Waals surface area contributed by atoms with Crippen molar-refractivity contribution in [3.8, 4) is 11.4 Å². The van der Waals surface area contributed by atoms with Crippen molar-refractivity contribution in [2.45, 2.75) is 44.6 Å². The molecule has 8 heteroatoms. The fourth-order valence-electron chi connectivity index (χ4n) is 2.32. The Morgan fingerprint density at radius 3 is 2.71 bits per heavy atom. The molecule has 0 N–H and O–H groups in total. The van der Waals surface area contributed by atoms with Crippen LogP contribution in [0, 0.1) is 5.92 Å². The summed E-state index contributed by atoms with van der Waals surface area (Å²) in [5.41, 5.74) is 1.00. The molecule has 126 valence electrons. The highest BCUT2D eigenvalue weighted by Gasteiger charge is 2.15. The molecule has 0 atom stereocenters. The molecule has 3 rings (SSSR count). The molecule has 0 saturated heterocycles. The third-order valence-corrected chi connectivity index (χ3v) is 4.35. The lowest BCUT2D eigenvalue weighted by Gasteiger charge is -2.06. The summed E-state index contributed by atoms with van der Waals surface area (Å²) in [6.45, 7) is 7.13. The molecule has 3 heterocycles. The van der Waals surface area contributed by atoms with Gasteiger partial charge in [0, 0.05) is 30.9 Å². The highest BCUT2D eigenvalue weighted by molar-refractivity contribution is 7.98. The Bertz CT molecular complexity index is 783. The zero-order chi connectivity index (χ0) is 16.9. The zero-order valence-corrected chi connectivity index (χ0v) is 14.8. The molecule has 0 radical (unpaired) electrons. The molecule has 3 aromatic heterocycles. The smallest absolute Gasteiger partial charge is 0.237 e. The van der Waals surface area contributed by atoms with Gasteiger partial charge in [0.05, 0.1) is 5.75 Å². The minimum absolute atomic E-state index is 0.509. The minimum atomic E-state index is 0.509. The van der Waals surface area contributed by atoms with Crippen LogP contribution in [0.2, 0.25) is 0 Å². The van der Waals surface area contributed by atoms with Gasteiger partial charge in [-0.1, -0.05) is 30.8 Å². The topological polar surface area (TPSA) is 82.5 Å². The third-order valence-electron chi connectivity index (χ3n) is 3.40. The second kappa shape index (κ2) is 7.57. The lowest BCUT2D eigenvalue weighted by atomic mass is 10.1. The number of hydrogen-bond donors (Lipinski definition) is 0. The molecule has 0 fully saturated rings. The van der Waals surface area contributed by atoms with Crippen LogP contribution < -0.4 is 0 Å². The number of rotatable bonds is 7. The maximum Gasteiger partial charge on any atom is 0.237 e. The van der Waals surface area contributed by atoms with E-state index in [2.05, 4.69) is 50.7 Å². The van der Waals surface area contributed by atoms with E-state index in [1.165, 1.54) is 0 Å². The maximum atomic E-state index is 5.30. The average molecular weight is 344 g/mol. The van der Waals surface area contributed by atoms with Crippen LogP contribution in [0.3, 0.4) is 0 Å². The first-order valence-electron chi connectivity index (χ1n) is 7.95. The highest BCUT2D eigenvalue weighted by atomic mass is 32.2. The summed E-state index contributed by atoms with van der Waals surface area (Å²) in [6.07, 6.45) is 4.34. The van der Waals surface area contributed by atoms with Crippen LogP contribution in [-0.4, -0.2) is 29.9 Å². The van der Waals surface area contributed by atoms with Crippen molar-refractivity contribution in [1.82, 2.24) is 29.9 Å². The molecule has 0 amide bonds. The summed E-state index contributed by atoms with van der Waals surface area (Å²) < 4.78 is 7.38. The van der Waals surface area contributed by atoms with Gasteiger partial charge in [0.2, 0.25) is 5.89 Å². The first-order valence-corrected chi connectivity index (χ1v) is 8.93. The molecular formula is C16H20N6OS. The van der Waals surface area contributed by atoms with Crippen LogP contribution in [0.15, 0.2) is 34.2 Å². The largest absolute Gasteiger partial charge is 0.338 e. The van der Waals surface area contributed by atoms with E-state index in [0.29, 0.717) is 17.6 Å². The van der Waals surface area contributed by atoms with Crippen molar-refractivity contribution in [3.05, 3.63) is 36.2 Å². The fourth-order valence-corrected chi connectivity index (χ4v) is 3.16. The van der Waals surface area contributed by atoms with Crippen LogP contribution in [0.4, 0.5) is 0 Å². The van der Waals surface area contributed by atoms with Crippen molar-refractivity contribution in [1.29, 1.82) is 0 Å². The molecule has 0 aliphatic carbocycles. The predicted molar refractivity (Wildman–Crippen MR) is 91.3 cm³/mol. The van der Waals surface area contributed by atoms with E-state index in [4.69, 9.17) is 4.52 Å². The Labute approximate surface area is 144 Å². The quantitative estimate of drug-likeness (QED) is 0.608. The molecular weight excluding hydrogens is 324 g/mol. The summed E-state index contributed by atoms with van der Waals surface area (Å²) in [7, 11) is 0. The minimum Gasteiger partial charge on any atom is -0.338 e. The van der Waals surface area contributed by atoms with Crippen LogP contribution in [0.25, 0.3) is 11.4 Å². The standard InChI is InChI=1S/C16H20N6OS/c1-4-22-15(12-5-7-17-8-6-12)19-20-16(22)24-10-14-18-13(21-23-14)9-11(2)3/h5-8,11H,4,9-10H2,1-3H3. The van der Waals surface area contributed by atoms with Crippen molar-refractivity contribution < 1.29 is 4.52 Å². The van der Waals surface area contributed by atoms with Gasteiger partial charge in [-0.05, 0) is 25.0 Å². The van der Waals surface area contributed by atoms with Crippen LogP contribution in [0.5, 0.6) is 0 Å². The van der Waals surface area contributed by atoms with Gasteiger partial charge in [0.15, 0.2) is 16.8 Å². The van der Waals surface area contributed by atoms with Gasteiger partial charge in [-0.3, -0.25) is 4.98 Å². The number of pyridine rings is 1. The normalized spacial score (nSPS) is 11.3. The number of nitrogens with zero attached hydrogens (tertiary/aromatic N) is 6. The van der Waals surface area contributed by atoms with Crippen molar-refractivity contribution >= 4 is 11.8 Å². The summed E-state index contributed by atoms with van der Waals surface area (Å²) >= 11 is 1.55. The Balaban J connectivity index is 1.72. The molecule has 24 heavy (non-hydrogen) atoms. The van der Waals surface area contributed by atoms with Gasteiger partial charge in [0.1, 0.15) is 0 Å². The van der Waals surface area contributed by atoms with Gasteiger partial charge in [-0.15, -0.1) is 10.2 Å². The van der Waals surface area contributed by atoms with E-state index in [1.807, 2.05) is 12.1 Å². The second-order valence-electron chi connectivity index (χ2n) is 5.78. The average Bonchev–Trinajstić information content (AvgIpc) is 3.19. The molecule has 0 unspecified atom stereocenters. The van der Waals surface area contributed by atoms with Crippen LogP contribution >= 0.6 is 11.8 Å². The lowest BCUT2D eigenvalue weighted by molar-refractivity contribution is 0.382. The van der Waals surface area contributed by atoms with E-state index in [9.17, 15) is 0 Å². The van der Waals surface area contributed by atoms with Crippen molar-refractivity contribution in [2.24, 2.45) is 5.92 Å².